The maximum Gasteiger partial charge on any atom is 0.409 e. The zero-order valence-electron chi connectivity index (χ0n) is 16.1. The van der Waals surface area contributed by atoms with Crippen molar-refractivity contribution in [3.8, 4) is 5.75 Å². The molecule has 2 aliphatic rings. The molecule has 6 nitrogen and oxygen atoms in total. The molecule has 1 aromatic carbocycles. The third-order valence-corrected chi connectivity index (χ3v) is 6.82. The van der Waals surface area contributed by atoms with E-state index >= 15 is 0 Å². The Morgan fingerprint density at radius 3 is 2.59 bits per heavy atom. The summed E-state index contributed by atoms with van der Waals surface area (Å²) in [5.74, 6) is 0.751. The Morgan fingerprint density at radius 2 is 2.00 bits per heavy atom. The van der Waals surface area contributed by atoms with Gasteiger partial charge in [0.05, 0.1) is 17.6 Å². The zero-order valence-corrected chi connectivity index (χ0v) is 18.5. The fraction of sp³-hybridized carbons (Fsp3) is 0.579. The van der Waals surface area contributed by atoms with Gasteiger partial charge in [0.25, 0.3) is 0 Å². The number of ether oxygens (including phenoxy) is 2. The van der Waals surface area contributed by atoms with Crippen LogP contribution in [-0.2, 0) is 15.7 Å². The second-order valence-corrected chi connectivity index (χ2v) is 10.8. The van der Waals surface area contributed by atoms with Crippen LogP contribution in [0.15, 0.2) is 27.1 Å². The minimum atomic E-state index is -1.35. The lowest BCUT2D eigenvalue weighted by Gasteiger charge is -2.44. The van der Waals surface area contributed by atoms with E-state index in [9.17, 15) is 9.00 Å². The number of rotatable bonds is 1. The van der Waals surface area contributed by atoms with Crippen molar-refractivity contribution < 1.29 is 18.5 Å². The largest absolute Gasteiger partial charge is 0.486 e. The summed E-state index contributed by atoms with van der Waals surface area (Å²) in [6.45, 7) is 6.87. The van der Waals surface area contributed by atoms with Gasteiger partial charge in [-0.05, 0) is 39.0 Å². The van der Waals surface area contributed by atoms with Crippen molar-refractivity contribution in [2.45, 2.75) is 50.4 Å². The van der Waals surface area contributed by atoms with E-state index in [0.29, 0.717) is 32.4 Å². The molecule has 0 unspecified atom stereocenters. The van der Waals surface area contributed by atoms with E-state index in [-0.39, 0.29) is 6.09 Å². The zero-order chi connectivity index (χ0) is 19.8. The molecule has 1 fully saturated rings. The number of benzene rings is 1. The smallest absolute Gasteiger partial charge is 0.409 e. The van der Waals surface area contributed by atoms with Crippen LogP contribution in [0.25, 0.3) is 0 Å². The van der Waals surface area contributed by atoms with Crippen molar-refractivity contribution in [1.82, 2.24) is 4.90 Å². The maximum absolute atomic E-state index is 12.7. The number of nitrogens with zero attached hydrogens (tertiary/aromatic N) is 2. The highest BCUT2D eigenvalue weighted by Crippen LogP contribution is 2.41. The summed E-state index contributed by atoms with van der Waals surface area (Å²) in [4.78, 5) is 13.5. The van der Waals surface area contributed by atoms with Crippen molar-refractivity contribution in [2.75, 3.05) is 20.2 Å². The van der Waals surface area contributed by atoms with Crippen LogP contribution in [0.5, 0.6) is 5.75 Å². The number of likely N-dealkylation sites (tertiary alicyclic amines) is 1. The molecular weight excluding hydrogens is 432 g/mol. The molecule has 3 rings (SSSR count). The predicted octanol–water partition coefficient (Wildman–Crippen LogP) is 4.08. The Balaban J connectivity index is 1.93. The van der Waals surface area contributed by atoms with Crippen molar-refractivity contribution in [2.24, 2.45) is 4.40 Å². The van der Waals surface area contributed by atoms with Gasteiger partial charge in [0.2, 0.25) is 0 Å². The van der Waals surface area contributed by atoms with E-state index in [1.54, 1.807) is 4.90 Å². The maximum atomic E-state index is 12.7. The molecule has 2 aliphatic heterocycles. The van der Waals surface area contributed by atoms with E-state index in [2.05, 4.69) is 20.3 Å². The lowest BCUT2D eigenvalue weighted by molar-refractivity contribution is 0.00441. The Labute approximate surface area is 171 Å². The van der Waals surface area contributed by atoms with Crippen LogP contribution < -0.4 is 4.74 Å². The van der Waals surface area contributed by atoms with E-state index < -0.39 is 21.3 Å². The standard InChI is InChI=1S/C19H25BrN2O4S/c1-18(2,3)27(24)21-15-12-19(7-9-22(10-8-19)17(23)25-4)26-16-6-5-13(20)11-14(15)16/h5-6,11H,7-10,12H2,1-4H3/b21-15+/t27-/m0/s1. The van der Waals surface area contributed by atoms with Gasteiger partial charge in [-0.3, -0.25) is 0 Å². The predicted molar refractivity (Wildman–Crippen MR) is 110 cm³/mol. The number of fused-ring (bicyclic) bond motifs is 1. The molecule has 0 aliphatic carbocycles. The Morgan fingerprint density at radius 1 is 1.33 bits per heavy atom. The fourth-order valence-corrected chi connectivity index (χ4v) is 4.31. The van der Waals surface area contributed by atoms with Crippen molar-refractivity contribution in [3.05, 3.63) is 28.2 Å². The Hall–Kier alpha value is -1.41. The minimum Gasteiger partial charge on any atom is -0.486 e. The summed E-state index contributed by atoms with van der Waals surface area (Å²) in [7, 11) is 0.0403. The highest BCUT2D eigenvalue weighted by molar-refractivity contribution is 9.10. The summed E-state index contributed by atoms with van der Waals surface area (Å²) in [5.41, 5.74) is 1.24. The highest BCUT2D eigenvalue weighted by Gasteiger charge is 2.43. The molecule has 0 radical (unpaired) electrons. The monoisotopic (exact) mass is 456 g/mol. The quantitative estimate of drug-likeness (QED) is 0.637. The highest BCUT2D eigenvalue weighted by atomic mass is 79.9. The molecule has 1 atom stereocenters. The van der Waals surface area contributed by atoms with Gasteiger partial charge >= 0.3 is 6.09 Å². The number of piperidine rings is 1. The number of carbonyl (C=O) groups is 1. The van der Waals surface area contributed by atoms with Crippen LogP contribution >= 0.6 is 15.9 Å². The van der Waals surface area contributed by atoms with Gasteiger partial charge in [0, 0.05) is 42.4 Å². The van der Waals surface area contributed by atoms with E-state index in [1.165, 1.54) is 7.11 Å². The summed E-state index contributed by atoms with van der Waals surface area (Å²) in [5, 5.41) is 0. The Bertz CT molecular complexity index is 795. The molecular formula is C19H25BrN2O4S. The first kappa shape index (κ1) is 20.3. The molecule has 1 spiro atoms. The number of hydrogen-bond donors (Lipinski definition) is 0. The van der Waals surface area contributed by atoms with Gasteiger partial charge in [0.15, 0.2) is 0 Å². The third-order valence-electron chi connectivity index (χ3n) is 4.89. The number of amides is 1. The minimum absolute atomic E-state index is 0.312. The van der Waals surface area contributed by atoms with E-state index in [1.807, 2.05) is 39.0 Å². The van der Waals surface area contributed by atoms with Gasteiger partial charge in [0.1, 0.15) is 22.3 Å². The molecule has 2 heterocycles. The van der Waals surface area contributed by atoms with Crippen LogP contribution in [0.2, 0.25) is 0 Å². The molecule has 0 N–H and O–H groups in total. The topological polar surface area (TPSA) is 68.2 Å². The number of methoxy groups -OCH3 is 1. The first-order valence-electron chi connectivity index (χ1n) is 8.95. The second kappa shape index (κ2) is 7.54. The molecule has 0 bridgehead atoms. The molecule has 0 aromatic heterocycles. The van der Waals surface area contributed by atoms with Crippen LogP contribution in [0.1, 0.15) is 45.6 Å². The van der Waals surface area contributed by atoms with Crippen molar-refractivity contribution in [1.29, 1.82) is 0 Å². The lowest BCUT2D eigenvalue weighted by Crippen LogP contribution is -2.52. The molecule has 1 amide bonds. The summed E-state index contributed by atoms with van der Waals surface area (Å²) in [6.07, 6.45) is 1.62. The summed E-state index contributed by atoms with van der Waals surface area (Å²) < 4.78 is 29.0. The van der Waals surface area contributed by atoms with Gasteiger partial charge in [-0.2, -0.15) is 4.40 Å². The number of carbonyl (C=O) groups excluding carboxylic acids is 1. The van der Waals surface area contributed by atoms with Gasteiger partial charge < -0.3 is 14.4 Å². The molecule has 148 valence electrons. The number of halogens is 1. The van der Waals surface area contributed by atoms with Crippen LogP contribution in [0.3, 0.4) is 0 Å². The summed E-state index contributed by atoms with van der Waals surface area (Å²) in [6, 6.07) is 5.81. The molecule has 1 aromatic rings. The first-order chi connectivity index (χ1) is 12.6. The average Bonchev–Trinajstić information content (AvgIpc) is 2.61. The fourth-order valence-electron chi connectivity index (χ4n) is 3.31. The van der Waals surface area contributed by atoms with E-state index in [4.69, 9.17) is 9.47 Å². The van der Waals surface area contributed by atoms with Crippen LogP contribution in [0.4, 0.5) is 4.79 Å². The van der Waals surface area contributed by atoms with Crippen LogP contribution in [0, 0.1) is 0 Å². The number of hydrogen-bond acceptors (Lipinski definition) is 4. The van der Waals surface area contributed by atoms with Gasteiger partial charge in [-0.15, -0.1) is 0 Å². The summed E-state index contributed by atoms with van der Waals surface area (Å²) >= 11 is 3.50. The molecule has 0 saturated carbocycles. The van der Waals surface area contributed by atoms with Gasteiger partial charge in [-0.25, -0.2) is 9.00 Å². The SMILES string of the molecule is COC(=O)N1CCC2(CC1)C/C(=N\[S@@](=O)C(C)(C)C)c1cc(Br)ccc1O2. The van der Waals surface area contributed by atoms with E-state index in [0.717, 1.165) is 21.5 Å². The van der Waals surface area contributed by atoms with Crippen molar-refractivity contribution in [3.63, 3.8) is 0 Å². The second-order valence-electron chi connectivity index (χ2n) is 7.96. The van der Waals surface area contributed by atoms with Gasteiger partial charge in [-0.1, -0.05) is 15.9 Å². The van der Waals surface area contributed by atoms with Crippen molar-refractivity contribution >= 4 is 38.7 Å². The Kier molecular flexibility index (Phi) is 5.68. The normalized spacial score (nSPS) is 21.5. The third kappa shape index (κ3) is 4.37. The average molecular weight is 457 g/mol. The molecule has 1 saturated heterocycles. The molecule has 27 heavy (non-hydrogen) atoms. The molecule has 8 heteroatoms. The lowest BCUT2D eigenvalue weighted by atomic mass is 9.82. The first-order valence-corrected chi connectivity index (χ1v) is 10.8. The van der Waals surface area contributed by atoms with Crippen LogP contribution in [-0.4, -0.2) is 51.5 Å².